The van der Waals surface area contributed by atoms with E-state index in [9.17, 15) is 9.60 Å². The van der Waals surface area contributed by atoms with Crippen molar-refractivity contribution in [2.24, 2.45) is 0 Å². The van der Waals surface area contributed by atoms with Crippen molar-refractivity contribution in [1.29, 1.82) is 0 Å². The van der Waals surface area contributed by atoms with Gasteiger partial charge in [0.05, 0.1) is 35.5 Å². The van der Waals surface area contributed by atoms with Crippen molar-refractivity contribution in [3.63, 3.8) is 0 Å². The Balaban J connectivity index is 1.62. The maximum atomic E-state index is 9.79. The standard InChI is InChI=1S/C38H22O2/c1-2-10-23(11-3-1)35-26-13-4-6-15-28(26)36(29-16-7-5-14-27(29)35)24-18-20-33-31(22-24)37-34(39-33)21-19-30-25-12-8-9-17-32(25)40-38(30)37/h1-22H/i1D,2D,3D,4D,5D,6D,7D,8D,9D,10D,11D,12D,13D,14D,15D,16D,17D,18D,19D,20D,21D,22D. The molecule has 0 radical (unpaired) electrons. The molecular formula is C38H22O2. The molecule has 0 N–H and O–H groups in total. The Morgan fingerprint density at radius 3 is 1.62 bits per heavy atom. The van der Waals surface area contributed by atoms with Crippen LogP contribution in [0.5, 0.6) is 0 Å². The minimum absolute atomic E-state index is 0.275. The van der Waals surface area contributed by atoms with Crippen molar-refractivity contribution in [2.75, 3.05) is 0 Å². The Morgan fingerprint density at radius 2 is 0.925 bits per heavy atom. The van der Waals surface area contributed by atoms with Crippen LogP contribution in [0.3, 0.4) is 0 Å². The van der Waals surface area contributed by atoms with E-state index in [-0.39, 0.29) is 21.7 Å². The fourth-order valence-electron chi connectivity index (χ4n) is 5.08. The third-order valence-electron chi connectivity index (χ3n) is 6.70. The number of hydrogen-bond acceptors (Lipinski definition) is 2. The third kappa shape index (κ3) is 2.93. The Morgan fingerprint density at radius 1 is 0.375 bits per heavy atom. The van der Waals surface area contributed by atoms with Gasteiger partial charge in [0.25, 0.3) is 0 Å². The molecule has 0 spiro atoms. The summed E-state index contributed by atoms with van der Waals surface area (Å²) in [5, 5.41) is -3.70. The smallest absolute Gasteiger partial charge is 0.147 e. The zero-order valence-electron chi connectivity index (χ0n) is 41.8. The van der Waals surface area contributed by atoms with E-state index < -0.39 is 199 Å². The average Bonchev–Trinajstić information content (AvgIpc) is 3.85. The van der Waals surface area contributed by atoms with Gasteiger partial charge in [0.15, 0.2) is 0 Å². The van der Waals surface area contributed by atoms with Crippen molar-refractivity contribution >= 4 is 65.4 Å². The summed E-state index contributed by atoms with van der Waals surface area (Å²) >= 11 is 0. The second kappa shape index (κ2) is 8.08. The molecule has 0 bridgehead atoms. The molecule has 0 unspecified atom stereocenters. The van der Waals surface area contributed by atoms with Crippen LogP contribution in [0.25, 0.3) is 87.7 Å². The fourth-order valence-corrected chi connectivity index (χ4v) is 5.08. The van der Waals surface area contributed by atoms with Crippen LogP contribution in [0.15, 0.2) is 142 Å². The molecule has 186 valence electrons. The van der Waals surface area contributed by atoms with Gasteiger partial charge in [0.2, 0.25) is 0 Å². The van der Waals surface area contributed by atoms with E-state index in [1.54, 1.807) is 0 Å². The number of rotatable bonds is 2. The van der Waals surface area contributed by atoms with Gasteiger partial charge in [-0.05, 0) is 74.0 Å². The van der Waals surface area contributed by atoms with E-state index in [1.807, 2.05) is 0 Å². The predicted molar refractivity (Wildman–Crippen MR) is 167 cm³/mol. The molecule has 9 rings (SSSR count). The molecule has 0 saturated carbocycles. The number of furan rings is 2. The minimum atomic E-state index is -0.902. The molecule has 7 aromatic carbocycles. The van der Waals surface area contributed by atoms with Crippen LogP contribution in [0.1, 0.15) is 30.2 Å². The zero-order valence-corrected chi connectivity index (χ0v) is 19.8. The summed E-state index contributed by atoms with van der Waals surface area (Å²) in [6.45, 7) is 0. The predicted octanol–water partition coefficient (Wildman–Crippen LogP) is 11.1. The maximum absolute atomic E-state index is 9.79. The number of hydrogen-bond donors (Lipinski definition) is 0. The van der Waals surface area contributed by atoms with Crippen LogP contribution >= 0.6 is 0 Å². The Kier molecular flexibility index (Phi) is 1.90. The van der Waals surface area contributed by atoms with Gasteiger partial charge in [-0.2, -0.15) is 0 Å². The molecule has 2 aromatic heterocycles. The van der Waals surface area contributed by atoms with Crippen molar-refractivity contribution in [3.05, 3.63) is 133 Å². The molecule has 40 heavy (non-hydrogen) atoms. The van der Waals surface area contributed by atoms with Crippen molar-refractivity contribution in [1.82, 2.24) is 0 Å². The fraction of sp³-hybridized carbons (Fsp3) is 0. The van der Waals surface area contributed by atoms with Crippen molar-refractivity contribution in [2.45, 2.75) is 0 Å². The zero-order chi connectivity index (χ0) is 45.4. The largest absolute Gasteiger partial charge is 0.456 e. The van der Waals surface area contributed by atoms with Gasteiger partial charge >= 0.3 is 0 Å². The van der Waals surface area contributed by atoms with Gasteiger partial charge in [-0.3, -0.25) is 0 Å². The topological polar surface area (TPSA) is 26.3 Å². The average molecular weight is 533 g/mol. The molecule has 2 heteroatoms. The van der Waals surface area contributed by atoms with Crippen molar-refractivity contribution < 1.29 is 39.0 Å². The van der Waals surface area contributed by atoms with Crippen LogP contribution in [0.4, 0.5) is 0 Å². The van der Waals surface area contributed by atoms with E-state index in [4.69, 9.17) is 29.4 Å². The lowest BCUT2D eigenvalue weighted by atomic mass is 9.86. The van der Waals surface area contributed by atoms with Crippen LogP contribution in [-0.2, 0) is 0 Å². The Labute approximate surface area is 260 Å². The highest BCUT2D eigenvalue weighted by Gasteiger charge is 2.19. The molecule has 0 aliphatic rings. The molecule has 0 fully saturated rings. The molecular weight excluding hydrogens is 488 g/mol. The first-order valence-corrected chi connectivity index (χ1v) is 11.8. The van der Waals surface area contributed by atoms with E-state index >= 15 is 0 Å². The summed E-state index contributed by atoms with van der Waals surface area (Å²) in [7, 11) is 0. The lowest BCUT2D eigenvalue weighted by Crippen LogP contribution is -1.90. The van der Waals surface area contributed by atoms with Gasteiger partial charge in [0, 0.05) is 16.2 Å². The second-order valence-electron chi connectivity index (χ2n) is 8.77. The van der Waals surface area contributed by atoms with Gasteiger partial charge in [0.1, 0.15) is 22.3 Å². The molecule has 0 aliphatic heterocycles. The second-order valence-corrected chi connectivity index (χ2v) is 8.77. The highest BCUT2D eigenvalue weighted by atomic mass is 16.3. The summed E-state index contributed by atoms with van der Waals surface area (Å²) in [5.74, 6) is 0. The normalized spacial score (nSPS) is 19.7. The van der Waals surface area contributed by atoms with E-state index in [0.29, 0.717) is 0 Å². The van der Waals surface area contributed by atoms with Gasteiger partial charge in [-0.1, -0.05) is 103 Å². The highest BCUT2D eigenvalue weighted by molar-refractivity contribution is 6.24. The summed E-state index contributed by atoms with van der Waals surface area (Å²) in [4.78, 5) is 0. The number of fused-ring (bicyclic) bond motifs is 9. The minimum Gasteiger partial charge on any atom is -0.456 e. The first kappa shape index (κ1) is 9.39. The van der Waals surface area contributed by atoms with Crippen LogP contribution in [0, 0.1) is 0 Å². The molecule has 9 aromatic rings. The Bertz CT molecular complexity index is 3550. The highest BCUT2D eigenvalue weighted by Crippen LogP contribution is 2.45. The first-order chi connectivity index (χ1) is 29.0. The van der Waals surface area contributed by atoms with Crippen molar-refractivity contribution in [3.8, 4) is 22.3 Å². The van der Waals surface area contributed by atoms with E-state index in [1.165, 1.54) is 0 Å². The van der Waals surface area contributed by atoms with Crippen LogP contribution in [-0.4, -0.2) is 0 Å². The molecule has 0 atom stereocenters. The molecule has 2 heterocycles. The van der Waals surface area contributed by atoms with Crippen LogP contribution < -0.4 is 0 Å². The summed E-state index contributed by atoms with van der Waals surface area (Å²) in [6, 6.07) is -17.8. The van der Waals surface area contributed by atoms with Gasteiger partial charge < -0.3 is 8.83 Å². The lowest BCUT2D eigenvalue weighted by molar-refractivity contribution is 0.663. The quantitative estimate of drug-likeness (QED) is 0.207. The van der Waals surface area contributed by atoms with Gasteiger partial charge in [-0.25, -0.2) is 0 Å². The van der Waals surface area contributed by atoms with Crippen LogP contribution in [0.2, 0.25) is 0 Å². The summed E-state index contributed by atoms with van der Waals surface area (Å²) in [5.41, 5.74) is -4.31. The number of benzene rings is 7. The maximum Gasteiger partial charge on any atom is 0.147 e. The molecule has 2 nitrogen and oxygen atoms in total. The SMILES string of the molecule is [2H]c1c([2H])c([2H])c(-c2c3c([2H])c([2H])c([2H])c([2H])c3c(-c3c([2H])c([2H])c4oc5c([2H])c([2H])c6c(oc7c([2H])c([2H])c([2H])c([2H])c76)c5c4c3[2H])c3c([2H])c([2H])c([2H])c([2H])c23)c([2H])c1[2H]. The van der Waals surface area contributed by atoms with E-state index in [0.717, 1.165) is 0 Å². The lowest BCUT2D eigenvalue weighted by Gasteiger charge is -2.17. The van der Waals surface area contributed by atoms with E-state index in [2.05, 4.69) is 0 Å². The molecule has 0 aliphatic carbocycles. The molecule has 0 amide bonds. The monoisotopic (exact) mass is 532 g/mol. The number of para-hydroxylation sites is 1. The third-order valence-corrected chi connectivity index (χ3v) is 6.70. The molecule has 0 saturated heterocycles. The summed E-state index contributed by atoms with van der Waals surface area (Å²) in [6.07, 6.45) is 0. The Hall–Kier alpha value is -5.34. The summed E-state index contributed by atoms with van der Waals surface area (Å²) < 4.78 is 206. The van der Waals surface area contributed by atoms with Gasteiger partial charge in [-0.15, -0.1) is 0 Å². The first-order valence-electron chi connectivity index (χ1n) is 22.8.